The topological polar surface area (TPSA) is 57.7 Å². The van der Waals surface area contributed by atoms with Gasteiger partial charge in [-0.1, -0.05) is 6.92 Å². The number of nitrogens with zero attached hydrogens (tertiary/aromatic N) is 2. The summed E-state index contributed by atoms with van der Waals surface area (Å²) in [6.07, 6.45) is 5.74. The van der Waals surface area contributed by atoms with Crippen molar-refractivity contribution < 1.29 is 13.2 Å². The van der Waals surface area contributed by atoms with Crippen molar-refractivity contribution in [3.05, 3.63) is 0 Å². The molecule has 1 unspecified atom stereocenters. The van der Waals surface area contributed by atoms with E-state index in [9.17, 15) is 13.2 Å². The average Bonchev–Trinajstić information content (AvgIpc) is 2.35. The minimum atomic E-state index is -3.31. The predicted octanol–water partition coefficient (Wildman–Crippen LogP) is 2.23. The Morgan fingerprint density at radius 1 is 1.29 bits per heavy atom. The Morgan fingerprint density at radius 3 is 2.38 bits per heavy atom. The van der Waals surface area contributed by atoms with Gasteiger partial charge in [-0.3, -0.25) is 4.79 Å². The fraction of sp³-hybridized carbons (Fsp3) is 0.933. The van der Waals surface area contributed by atoms with E-state index in [1.165, 1.54) is 17.0 Å². The molecule has 5 nitrogen and oxygen atoms in total. The van der Waals surface area contributed by atoms with Gasteiger partial charge in [-0.2, -0.15) is 4.31 Å². The zero-order valence-electron chi connectivity index (χ0n) is 14.1. The molecule has 0 aromatic heterocycles. The predicted molar refractivity (Wildman–Crippen MR) is 85.6 cm³/mol. The van der Waals surface area contributed by atoms with Crippen LogP contribution in [0.4, 0.5) is 0 Å². The second-order valence-corrected chi connectivity index (χ2v) is 8.81. The highest BCUT2D eigenvalue weighted by Crippen LogP contribution is 2.22. The molecule has 0 aromatic rings. The molecule has 0 saturated carbocycles. The molecular weight excluding hydrogens is 288 g/mol. The van der Waals surface area contributed by atoms with Crippen LogP contribution in [0.5, 0.6) is 0 Å². The monoisotopic (exact) mass is 318 g/mol. The van der Waals surface area contributed by atoms with Gasteiger partial charge in [-0.05, 0) is 46.5 Å². The fourth-order valence-electron chi connectivity index (χ4n) is 3.09. The van der Waals surface area contributed by atoms with E-state index >= 15 is 0 Å². The van der Waals surface area contributed by atoms with Crippen LogP contribution in [0.2, 0.25) is 0 Å². The molecule has 1 fully saturated rings. The molecule has 0 N–H and O–H groups in total. The number of carbonyl (C=O) groups excluding carboxylic acids is 1. The van der Waals surface area contributed by atoms with Crippen LogP contribution < -0.4 is 0 Å². The highest BCUT2D eigenvalue weighted by molar-refractivity contribution is 7.88. The fourth-order valence-corrected chi connectivity index (χ4v) is 4.51. The Labute approximate surface area is 129 Å². The molecule has 124 valence electrons. The van der Waals surface area contributed by atoms with Crippen LogP contribution in [-0.4, -0.2) is 54.5 Å². The molecule has 0 bridgehead atoms. The van der Waals surface area contributed by atoms with Crippen LogP contribution in [0.25, 0.3) is 0 Å². The largest absolute Gasteiger partial charge is 0.340 e. The molecule has 6 heteroatoms. The zero-order chi connectivity index (χ0) is 16.3. The van der Waals surface area contributed by atoms with Gasteiger partial charge in [0.1, 0.15) is 0 Å². The summed E-state index contributed by atoms with van der Waals surface area (Å²) >= 11 is 0. The summed E-state index contributed by atoms with van der Waals surface area (Å²) in [5, 5.41) is 0. The van der Waals surface area contributed by atoms with Gasteiger partial charge in [0.05, 0.1) is 6.26 Å². The van der Waals surface area contributed by atoms with E-state index in [2.05, 4.69) is 6.92 Å². The Balaban J connectivity index is 2.69. The van der Waals surface area contributed by atoms with Gasteiger partial charge in [-0.15, -0.1) is 0 Å². The third-order valence-electron chi connectivity index (χ3n) is 4.10. The van der Waals surface area contributed by atoms with Crippen LogP contribution in [0.3, 0.4) is 0 Å². The Bertz CT molecular complexity index is 454. The number of hydrogen-bond acceptors (Lipinski definition) is 3. The number of amides is 1. The van der Waals surface area contributed by atoms with Crippen LogP contribution in [-0.2, 0) is 14.8 Å². The number of sulfonamides is 1. The van der Waals surface area contributed by atoms with Crippen molar-refractivity contribution in [2.75, 3.05) is 19.3 Å². The molecule has 21 heavy (non-hydrogen) atoms. The van der Waals surface area contributed by atoms with Gasteiger partial charge in [-0.25, -0.2) is 8.42 Å². The summed E-state index contributed by atoms with van der Waals surface area (Å²) in [7, 11) is -3.31. The lowest BCUT2D eigenvalue weighted by Gasteiger charge is -2.37. The summed E-state index contributed by atoms with van der Waals surface area (Å²) in [6.45, 7) is 8.74. The van der Waals surface area contributed by atoms with E-state index in [1.54, 1.807) is 0 Å². The van der Waals surface area contributed by atoms with E-state index < -0.39 is 15.6 Å². The standard InChI is InChI=1S/C15H30N2O3S/c1-6-13-9-7-8-11-16(13)14(18)10-12-17(15(2,3)4)21(5,19)20/h13H,6-12H2,1-5H3. The summed E-state index contributed by atoms with van der Waals surface area (Å²) < 4.78 is 25.2. The van der Waals surface area contributed by atoms with Gasteiger partial charge in [0, 0.05) is 31.1 Å². The lowest BCUT2D eigenvalue weighted by atomic mass is 9.99. The molecular formula is C15H30N2O3S. The summed E-state index contributed by atoms with van der Waals surface area (Å²) in [6, 6.07) is 0.326. The van der Waals surface area contributed by atoms with Crippen LogP contribution >= 0.6 is 0 Å². The molecule has 0 spiro atoms. The van der Waals surface area contributed by atoms with Crippen molar-refractivity contribution in [1.29, 1.82) is 0 Å². The quantitative estimate of drug-likeness (QED) is 0.781. The van der Waals surface area contributed by atoms with E-state index in [-0.39, 0.29) is 18.9 Å². The second-order valence-electron chi connectivity index (χ2n) is 6.90. The Morgan fingerprint density at radius 2 is 1.90 bits per heavy atom. The number of hydrogen-bond donors (Lipinski definition) is 0. The molecule has 0 aromatic carbocycles. The first-order valence-corrected chi connectivity index (χ1v) is 9.69. The van der Waals surface area contributed by atoms with Gasteiger partial charge in [0.2, 0.25) is 15.9 Å². The maximum Gasteiger partial charge on any atom is 0.224 e. The van der Waals surface area contributed by atoms with E-state index in [1.807, 2.05) is 25.7 Å². The first-order chi connectivity index (χ1) is 9.57. The smallest absolute Gasteiger partial charge is 0.224 e. The van der Waals surface area contributed by atoms with Crippen LogP contribution in [0, 0.1) is 0 Å². The minimum absolute atomic E-state index is 0.0828. The van der Waals surface area contributed by atoms with Crippen molar-refractivity contribution >= 4 is 15.9 Å². The third kappa shape index (κ3) is 5.25. The number of piperidine rings is 1. The molecule has 0 radical (unpaired) electrons. The van der Waals surface area contributed by atoms with E-state index in [4.69, 9.17) is 0 Å². The highest BCUT2D eigenvalue weighted by atomic mass is 32.2. The molecule has 0 aliphatic carbocycles. The summed E-state index contributed by atoms with van der Waals surface area (Å²) in [5.41, 5.74) is -0.500. The van der Waals surface area contributed by atoms with Crippen LogP contribution in [0.15, 0.2) is 0 Å². The Hall–Kier alpha value is -0.620. The first-order valence-electron chi connectivity index (χ1n) is 7.84. The molecule has 1 heterocycles. The molecule has 1 amide bonds. The van der Waals surface area contributed by atoms with Gasteiger partial charge < -0.3 is 4.90 Å². The maximum atomic E-state index is 12.4. The van der Waals surface area contributed by atoms with Crippen molar-refractivity contribution in [2.45, 2.75) is 71.4 Å². The van der Waals surface area contributed by atoms with Crippen molar-refractivity contribution in [1.82, 2.24) is 9.21 Å². The lowest BCUT2D eigenvalue weighted by molar-refractivity contribution is -0.135. The molecule has 1 rings (SSSR count). The highest BCUT2D eigenvalue weighted by Gasteiger charge is 2.31. The summed E-state index contributed by atoms with van der Waals surface area (Å²) in [4.78, 5) is 14.4. The number of rotatable bonds is 5. The molecule has 1 saturated heterocycles. The van der Waals surface area contributed by atoms with Crippen LogP contribution in [0.1, 0.15) is 59.8 Å². The average molecular weight is 318 g/mol. The molecule has 1 atom stereocenters. The van der Waals surface area contributed by atoms with Gasteiger partial charge in [0.25, 0.3) is 0 Å². The Kier molecular flexibility index (Phi) is 6.23. The third-order valence-corrected chi connectivity index (χ3v) is 5.63. The lowest BCUT2D eigenvalue weighted by Crippen LogP contribution is -2.48. The van der Waals surface area contributed by atoms with Gasteiger partial charge >= 0.3 is 0 Å². The molecule has 1 aliphatic rings. The number of likely N-dealkylation sites (tertiary alicyclic amines) is 1. The normalized spacial score (nSPS) is 20.9. The summed E-state index contributed by atoms with van der Waals surface area (Å²) in [5.74, 6) is 0.0828. The minimum Gasteiger partial charge on any atom is -0.340 e. The van der Waals surface area contributed by atoms with Crippen molar-refractivity contribution in [2.24, 2.45) is 0 Å². The zero-order valence-corrected chi connectivity index (χ0v) is 14.9. The maximum absolute atomic E-state index is 12.4. The first kappa shape index (κ1) is 18.4. The SMILES string of the molecule is CCC1CCCCN1C(=O)CCN(C(C)(C)C)S(C)(=O)=O. The number of carbonyl (C=O) groups is 1. The van der Waals surface area contributed by atoms with Crippen molar-refractivity contribution in [3.8, 4) is 0 Å². The molecule has 1 aliphatic heterocycles. The van der Waals surface area contributed by atoms with Crippen molar-refractivity contribution in [3.63, 3.8) is 0 Å². The van der Waals surface area contributed by atoms with E-state index in [0.717, 1.165) is 25.8 Å². The van der Waals surface area contributed by atoms with E-state index in [0.29, 0.717) is 6.04 Å². The second kappa shape index (κ2) is 7.09. The van der Waals surface area contributed by atoms with Gasteiger partial charge in [0.15, 0.2) is 0 Å².